The van der Waals surface area contributed by atoms with Gasteiger partial charge in [-0.05, 0) is 77.8 Å². The van der Waals surface area contributed by atoms with Crippen LogP contribution in [0.5, 0.6) is 0 Å². The van der Waals surface area contributed by atoms with Gasteiger partial charge in [0.1, 0.15) is 0 Å². The number of rotatable bonds is 4. The summed E-state index contributed by atoms with van der Waals surface area (Å²) in [6.07, 6.45) is 0. The van der Waals surface area contributed by atoms with Gasteiger partial charge < -0.3 is 10.6 Å². The van der Waals surface area contributed by atoms with Crippen LogP contribution in [0, 0.1) is 0 Å². The molecule has 7 heteroatoms. The third kappa shape index (κ3) is 6.39. The molecular formula is C25H24ClN3O2S. The molecule has 0 aromatic heterocycles. The summed E-state index contributed by atoms with van der Waals surface area (Å²) in [6.45, 7) is 6.38. The van der Waals surface area contributed by atoms with Gasteiger partial charge in [0.15, 0.2) is 5.11 Å². The van der Waals surface area contributed by atoms with Gasteiger partial charge in [0.25, 0.3) is 11.8 Å². The van der Waals surface area contributed by atoms with Crippen molar-refractivity contribution in [1.29, 1.82) is 0 Å². The van der Waals surface area contributed by atoms with Crippen molar-refractivity contribution in [3.05, 3.63) is 94.5 Å². The van der Waals surface area contributed by atoms with Gasteiger partial charge >= 0.3 is 0 Å². The molecule has 3 aromatic carbocycles. The number of nitrogens with one attached hydrogen (secondary N) is 3. The molecule has 5 nitrogen and oxygen atoms in total. The van der Waals surface area contributed by atoms with Gasteiger partial charge in [-0.25, -0.2) is 0 Å². The van der Waals surface area contributed by atoms with Crippen LogP contribution in [-0.4, -0.2) is 16.9 Å². The van der Waals surface area contributed by atoms with Crippen LogP contribution in [0.2, 0.25) is 5.02 Å². The van der Waals surface area contributed by atoms with Crippen molar-refractivity contribution in [3.8, 4) is 0 Å². The Morgan fingerprint density at radius 2 is 1.31 bits per heavy atom. The molecule has 164 valence electrons. The lowest BCUT2D eigenvalue weighted by Crippen LogP contribution is -2.34. The fourth-order valence-electron chi connectivity index (χ4n) is 2.94. The molecule has 0 unspecified atom stereocenters. The molecule has 3 N–H and O–H groups in total. The van der Waals surface area contributed by atoms with Gasteiger partial charge in [-0.2, -0.15) is 0 Å². The highest BCUT2D eigenvalue weighted by atomic mass is 35.5. The third-order valence-corrected chi connectivity index (χ3v) is 5.18. The number of hydrogen-bond acceptors (Lipinski definition) is 3. The number of halogens is 1. The Morgan fingerprint density at radius 1 is 0.781 bits per heavy atom. The molecule has 3 aromatic rings. The van der Waals surface area contributed by atoms with Crippen molar-refractivity contribution in [1.82, 2.24) is 5.32 Å². The molecule has 0 atom stereocenters. The Morgan fingerprint density at radius 3 is 1.91 bits per heavy atom. The summed E-state index contributed by atoms with van der Waals surface area (Å²) < 4.78 is 0. The number of hydrogen-bond donors (Lipinski definition) is 3. The van der Waals surface area contributed by atoms with Crippen molar-refractivity contribution in [2.75, 3.05) is 10.6 Å². The Labute approximate surface area is 198 Å². The Hall–Kier alpha value is -3.22. The zero-order valence-corrected chi connectivity index (χ0v) is 19.6. The summed E-state index contributed by atoms with van der Waals surface area (Å²) >= 11 is 11.1. The average molecular weight is 466 g/mol. The van der Waals surface area contributed by atoms with E-state index in [0.717, 1.165) is 5.56 Å². The van der Waals surface area contributed by atoms with E-state index in [1.807, 2.05) is 24.3 Å². The minimum absolute atomic E-state index is 0.0242. The number of benzene rings is 3. The molecule has 0 spiro atoms. The molecule has 0 fully saturated rings. The first-order valence-electron chi connectivity index (χ1n) is 10.0. The highest BCUT2D eigenvalue weighted by Gasteiger charge is 2.14. The normalized spacial score (nSPS) is 10.9. The first-order valence-corrected chi connectivity index (χ1v) is 10.8. The van der Waals surface area contributed by atoms with E-state index in [-0.39, 0.29) is 22.3 Å². The summed E-state index contributed by atoms with van der Waals surface area (Å²) in [5.41, 5.74) is 3.43. The predicted octanol–water partition coefficient (Wildman–Crippen LogP) is 6.02. The van der Waals surface area contributed by atoms with Gasteiger partial charge in [-0.15, -0.1) is 0 Å². The van der Waals surface area contributed by atoms with Crippen LogP contribution in [0.3, 0.4) is 0 Å². The highest BCUT2D eigenvalue weighted by molar-refractivity contribution is 7.80. The second-order valence-corrected chi connectivity index (χ2v) is 9.12. The van der Waals surface area contributed by atoms with Gasteiger partial charge in [-0.3, -0.25) is 14.9 Å². The standard InChI is InChI=1S/C25H24ClN3O2S/c1-25(2,3)18-11-7-16(8-12-18)22(30)27-20-5-4-6-21(15-20)28-24(32)29-23(31)17-9-13-19(26)14-10-17/h4-15H,1-3H3,(H,27,30)(H2,28,29,31,32). The summed E-state index contributed by atoms with van der Waals surface area (Å²) in [4.78, 5) is 24.9. The molecule has 0 saturated carbocycles. The molecule has 0 aliphatic heterocycles. The van der Waals surface area contributed by atoms with E-state index in [1.165, 1.54) is 0 Å². The predicted molar refractivity (Wildman–Crippen MR) is 135 cm³/mol. The van der Waals surface area contributed by atoms with E-state index in [2.05, 4.69) is 36.7 Å². The first-order chi connectivity index (χ1) is 15.1. The smallest absolute Gasteiger partial charge is 0.257 e. The summed E-state index contributed by atoms with van der Waals surface area (Å²) in [5, 5.41) is 9.14. The van der Waals surface area contributed by atoms with Crippen LogP contribution in [0.4, 0.5) is 11.4 Å². The second kappa shape index (κ2) is 9.94. The SMILES string of the molecule is CC(C)(C)c1ccc(C(=O)Nc2cccc(NC(=S)NC(=O)c3ccc(Cl)cc3)c2)cc1. The number of amides is 2. The van der Waals surface area contributed by atoms with Crippen LogP contribution in [0.15, 0.2) is 72.8 Å². The summed E-state index contributed by atoms with van der Waals surface area (Å²) in [7, 11) is 0. The maximum atomic E-state index is 12.6. The van der Waals surface area contributed by atoms with E-state index in [9.17, 15) is 9.59 Å². The lowest BCUT2D eigenvalue weighted by atomic mass is 9.87. The Kier molecular flexibility index (Phi) is 7.28. The summed E-state index contributed by atoms with van der Waals surface area (Å²) in [5.74, 6) is -0.552. The average Bonchev–Trinajstić information content (AvgIpc) is 2.73. The van der Waals surface area contributed by atoms with Crippen LogP contribution in [0.25, 0.3) is 0 Å². The summed E-state index contributed by atoms with van der Waals surface area (Å²) in [6, 6.07) is 21.2. The molecule has 0 heterocycles. The minimum atomic E-state index is -0.345. The van der Waals surface area contributed by atoms with Crippen LogP contribution < -0.4 is 16.0 Å². The van der Waals surface area contributed by atoms with E-state index in [0.29, 0.717) is 27.5 Å². The first kappa shape index (κ1) is 23.4. The molecular weight excluding hydrogens is 442 g/mol. The van der Waals surface area contributed by atoms with E-state index in [1.54, 1.807) is 48.5 Å². The zero-order valence-electron chi connectivity index (χ0n) is 18.0. The lowest BCUT2D eigenvalue weighted by Gasteiger charge is -2.19. The van der Waals surface area contributed by atoms with Crippen molar-refractivity contribution in [2.24, 2.45) is 0 Å². The molecule has 0 saturated heterocycles. The van der Waals surface area contributed by atoms with E-state index in [4.69, 9.17) is 23.8 Å². The Bertz CT molecular complexity index is 1140. The Balaban J connectivity index is 1.61. The maximum Gasteiger partial charge on any atom is 0.257 e. The molecule has 32 heavy (non-hydrogen) atoms. The molecule has 0 radical (unpaired) electrons. The number of anilines is 2. The van der Waals surface area contributed by atoms with Crippen LogP contribution >= 0.6 is 23.8 Å². The van der Waals surface area contributed by atoms with E-state index < -0.39 is 0 Å². The van der Waals surface area contributed by atoms with Gasteiger partial charge in [0.05, 0.1) is 0 Å². The molecule has 3 rings (SSSR count). The largest absolute Gasteiger partial charge is 0.332 e. The molecule has 0 aliphatic carbocycles. The number of carbonyl (C=O) groups excluding carboxylic acids is 2. The molecule has 2 amide bonds. The fourth-order valence-corrected chi connectivity index (χ4v) is 3.27. The topological polar surface area (TPSA) is 70.2 Å². The van der Waals surface area contributed by atoms with Crippen LogP contribution in [0.1, 0.15) is 47.1 Å². The van der Waals surface area contributed by atoms with Crippen molar-refractivity contribution in [3.63, 3.8) is 0 Å². The van der Waals surface area contributed by atoms with Gasteiger partial charge in [0, 0.05) is 27.5 Å². The fraction of sp³-hybridized carbons (Fsp3) is 0.160. The third-order valence-electron chi connectivity index (χ3n) is 4.72. The maximum absolute atomic E-state index is 12.6. The number of carbonyl (C=O) groups is 2. The molecule has 0 bridgehead atoms. The van der Waals surface area contributed by atoms with Crippen molar-refractivity contribution in [2.45, 2.75) is 26.2 Å². The quantitative estimate of drug-likeness (QED) is 0.412. The number of thiocarbonyl (C=S) groups is 1. The van der Waals surface area contributed by atoms with Gasteiger partial charge in [-0.1, -0.05) is 50.6 Å². The monoisotopic (exact) mass is 465 g/mol. The van der Waals surface area contributed by atoms with E-state index >= 15 is 0 Å². The molecule has 0 aliphatic rings. The van der Waals surface area contributed by atoms with Crippen molar-refractivity contribution < 1.29 is 9.59 Å². The minimum Gasteiger partial charge on any atom is -0.332 e. The van der Waals surface area contributed by atoms with Crippen LogP contribution in [-0.2, 0) is 5.41 Å². The zero-order chi connectivity index (χ0) is 23.3. The van der Waals surface area contributed by atoms with Gasteiger partial charge in [0.2, 0.25) is 0 Å². The second-order valence-electron chi connectivity index (χ2n) is 8.28. The van der Waals surface area contributed by atoms with Crippen molar-refractivity contribution >= 4 is 52.1 Å². The highest BCUT2D eigenvalue weighted by Crippen LogP contribution is 2.23. The lowest BCUT2D eigenvalue weighted by molar-refractivity contribution is 0.0976.